The molecule has 1 spiro atoms. The van der Waals surface area contributed by atoms with Crippen molar-refractivity contribution in [1.82, 2.24) is 4.98 Å². The van der Waals surface area contributed by atoms with Crippen LogP contribution in [-0.4, -0.2) is 31.3 Å². The zero-order valence-corrected chi connectivity index (χ0v) is 9.20. The molecular formula is C11H13ClN2O. The molecule has 0 radical (unpaired) electrons. The molecular weight excluding hydrogens is 212 g/mol. The van der Waals surface area contributed by atoms with Gasteiger partial charge in [0, 0.05) is 24.8 Å². The summed E-state index contributed by atoms with van der Waals surface area (Å²) in [5.41, 5.74) is 1.55. The average Bonchev–Trinajstić information content (AvgIpc) is 2.14. The van der Waals surface area contributed by atoms with Gasteiger partial charge in [-0.1, -0.05) is 6.07 Å². The zero-order valence-electron chi connectivity index (χ0n) is 8.45. The molecule has 0 atom stereocenters. The number of alkyl halides is 1. The largest absolute Gasteiger partial charge is 0.380 e. The molecule has 15 heavy (non-hydrogen) atoms. The highest BCUT2D eigenvalue weighted by Crippen LogP contribution is 2.40. The molecule has 4 heteroatoms. The van der Waals surface area contributed by atoms with E-state index in [-0.39, 0.29) is 0 Å². The lowest BCUT2D eigenvalue weighted by Crippen LogP contribution is -2.66. The van der Waals surface area contributed by atoms with Gasteiger partial charge in [-0.25, -0.2) is 4.98 Å². The van der Waals surface area contributed by atoms with Crippen molar-refractivity contribution >= 4 is 17.4 Å². The minimum absolute atomic E-state index is 0.432. The topological polar surface area (TPSA) is 25.4 Å². The number of anilines is 1. The van der Waals surface area contributed by atoms with E-state index in [1.54, 1.807) is 0 Å². The molecule has 0 bridgehead atoms. The first-order valence-electron chi connectivity index (χ1n) is 5.16. The van der Waals surface area contributed by atoms with Crippen LogP contribution in [0, 0.1) is 5.41 Å². The van der Waals surface area contributed by atoms with Crippen molar-refractivity contribution in [2.45, 2.75) is 5.88 Å². The molecule has 2 aliphatic heterocycles. The zero-order chi connectivity index (χ0) is 10.3. The van der Waals surface area contributed by atoms with Crippen LogP contribution < -0.4 is 4.90 Å². The molecule has 0 unspecified atom stereocenters. The first kappa shape index (κ1) is 9.43. The maximum atomic E-state index is 5.88. The van der Waals surface area contributed by atoms with Crippen molar-refractivity contribution in [2.24, 2.45) is 5.41 Å². The van der Waals surface area contributed by atoms with Gasteiger partial charge in [-0.3, -0.25) is 0 Å². The SMILES string of the molecule is ClCc1cccnc1N1CC2(COC2)C1. The molecule has 3 nitrogen and oxygen atoms in total. The van der Waals surface area contributed by atoms with Crippen LogP contribution in [-0.2, 0) is 10.6 Å². The maximum Gasteiger partial charge on any atom is 0.132 e. The number of halogens is 1. The number of hydrogen-bond acceptors (Lipinski definition) is 3. The van der Waals surface area contributed by atoms with Crippen molar-refractivity contribution in [1.29, 1.82) is 0 Å². The number of aromatic nitrogens is 1. The van der Waals surface area contributed by atoms with Gasteiger partial charge >= 0.3 is 0 Å². The first-order valence-corrected chi connectivity index (χ1v) is 5.69. The van der Waals surface area contributed by atoms with Crippen LogP contribution in [0.3, 0.4) is 0 Å². The molecule has 0 N–H and O–H groups in total. The van der Waals surface area contributed by atoms with Gasteiger partial charge < -0.3 is 9.64 Å². The monoisotopic (exact) mass is 224 g/mol. The smallest absolute Gasteiger partial charge is 0.132 e. The van der Waals surface area contributed by atoms with Gasteiger partial charge in [0.05, 0.1) is 24.5 Å². The van der Waals surface area contributed by atoms with Crippen molar-refractivity contribution in [3.8, 4) is 0 Å². The number of nitrogens with zero attached hydrogens (tertiary/aromatic N) is 2. The molecule has 2 fully saturated rings. The van der Waals surface area contributed by atoms with E-state index in [1.807, 2.05) is 18.3 Å². The van der Waals surface area contributed by atoms with Crippen LogP contribution in [0.25, 0.3) is 0 Å². The molecule has 0 amide bonds. The third-order valence-electron chi connectivity index (χ3n) is 3.18. The Morgan fingerprint density at radius 2 is 2.27 bits per heavy atom. The Bertz CT molecular complexity index is 371. The summed E-state index contributed by atoms with van der Waals surface area (Å²) in [6.45, 7) is 3.95. The molecule has 2 saturated heterocycles. The van der Waals surface area contributed by atoms with Crippen molar-refractivity contribution < 1.29 is 4.74 Å². The van der Waals surface area contributed by atoms with Gasteiger partial charge in [0.2, 0.25) is 0 Å². The van der Waals surface area contributed by atoms with Crippen LogP contribution in [0.4, 0.5) is 5.82 Å². The predicted molar refractivity (Wildman–Crippen MR) is 59.3 cm³/mol. The van der Waals surface area contributed by atoms with E-state index in [2.05, 4.69) is 9.88 Å². The Balaban J connectivity index is 1.77. The minimum Gasteiger partial charge on any atom is -0.380 e. The highest BCUT2D eigenvalue weighted by molar-refractivity contribution is 6.17. The summed E-state index contributed by atoms with van der Waals surface area (Å²) in [4.78, 5) is 6.69. The molecule has 80 valence electrons. The van der Waals surface area contributed by atoms with Crippen molar-refractivity contribution in [3.05, 3.63) is 23.9 Å². The number of hydrogen-bond donors (Lipinski definition) is 0. The summed E-state index contributed by atoms with van der Waals surface area (Å²) in [6, 6.07) is 3.97. The Hall–Kier alpha value is -0.800. The van der Waals surface area contributed by atoms with Gasteiger partial charge in [-0.15, -0.1) is 11.6 Å². The van der Waals surface area contributed by atoms with Crippen LogP contribution in [0.5, 0.6) is 0 Å². The normalized spacial score (nSPS) is 22.3. The standard InChI is InChI=1S/C11H13ClN2O/c12-4-9-2-1-3-13-10(9)14-5-11(6-14)7-15-8-11/h1-3H,4-8H2. The fourth-order valence-corrected chi connectivity index (χ4v) is 2.51. The van der Waals surface area contributed by atoms with Crippen LogP contribution >= 0.6 is 11.6 Å². The van der Waals surface area contributed by atoms with E-state index in [4.69, 9.17) is 16.3 Å². The molecule has 0 saturated carbocycles. The number of pyridine rings is 1. The number of rotatable bonds is 2. The summed E-state index contributed by atoms with van der Waals surface area (Å²) in [6.07, 6.45) is 1.83. The molecule has 1 aromatic rings. The van der Waals surface area contributed by atoms with Gasteiger partial charge in [0.1, 0.15) is 5.82 Å². The molecule has 0 aromatic carbocycles. The summed E-state index contributed by atoms with van der Waals surface area (Å²) < 4.78 is 5.25. The van der Waals surface area contributed by atoms with E-state index in [0.717, 1.165) is 37.7 Å². The minimum atomic E-state index is 0.432. The molecule has 3 heterocycles. The van der Waals surface area contributed by atoms with E-state index in [9.17, 15) is 0 Å². The molecule has 1 aromatic heterocycles. The summed E-state index contributed by atoms with van der Waals surface area (Å²) in [5.74, 6) is 1.58. The fourth-order valence-electron chi connectivity index (χ4n) is 2.31. The number of ether oxygens (including phenoxy) is 1. The van der Waals surface area contributed by atoms with Crippen LogP contribution in [0.15, 0.2) is 18.3 Å². The second-order valence-corrected chi connectivity index (χ2v) is 4.74. The lowest BCUT2D eigenvalue weighted by Gasteiger charge is -2.55. The highest BCUT2D eigenvalue weighted by atomic mass is 35.5. The van der Waals surface area contributed by atoms with Gasteiger partial charge in [0.15, 0.2) is 0 Å². The summed E-state index contributed by atoms with van der Waals surface area (Å²) in [5, 5.41) is 0. The maximum absolute atomic E-state index is 5.88. The third-order valence-corrected chi connectivity index (χ3v) is 3.47. The lowest BCUT2D eigenvalue weighted by molar-refractivity contribution is -0.127. The van der Waals surface area contributed by atoms with Crippen LogP contribution in [0.1, 0.15) is 5.56 Å². The average molecular weight is 225 g/mol. The van der Waals surface area contributed by atoms with E-state index in [0.29, 0.717) is 11.3 Å². The Morgan fingerprint density at radius 1 is 1.47 bits per heavy atom. The highest BCUT2D eigenvalue weighted by Gasteiger charge is 2.49. The summed E-state index contributed by atoms with van der Waals surface area (Å²) in [7, 11) is 0. The third kappa shape index (κ3) is 1.42. The quantitative estimate of drug-likeness (QED) is 0.715. The predicted octanol–water partition coefficient (Wildman–Crippen LogP) is 1.66. The Morgan fingerprint density at radius 3 is 2.87 bits per heavy atom. The molecule has 0 aliphatic carbocycles. The Labute approximate surface area is 94.0 Å². The Kier molecular flexibility index (Phi) is 2.11. The first-order chi connectivity index (χ1) is 7.33. The molecule has 3 rings (SSSR count). The molecule has 2 aliphatic rings. The van der Waals surface area contributed by atoms with Gasteiger partial charge in [0.25, 0.3) is 0 Å². The van der Waals surface area contributed by atoms with Gasteiger partial charge in [-0.2, -0.15) is 0 Å². The van der Waals surface area contributed by atoms with Crippen LogP contribution in [0.2, 0.25) is 0 Å². The second kappa shape index (κ2) is 3.35. The lowest BCUT2D eigenvalue weighted by atomic mass is 9.78. The fraction of sp³-hybridized carbons (Fsp3) is 0.545. The van der Waals surface area contributed by atoms with E-state index >= 15 is 0 Å². The van der Waals surface area contributed by atoms with Gasteiger partial charge in [-0.05, 0) is 6.07 Å². The van der Waals surface area contributed by atoms with E-state index < -0.39 is 0 Å². The van der Waals surface area contributed by atoms with E-state index in [1.165, 1.54) is 0 Å². The second-order valence-electron chi connectivity index (χ2n) is 4.47. The summed E-state index contributed by atoms with van der Waals surface area (Å²) >= 11 is 5.88. The van der Waals surface area contributed by atoms with Crippen molar-refractivity contribution in [2.75, 3.05) is 31.2 Å². The van der Waals surface area contributed by atoms with Crippen molar-refractivity contribution in [3.63, 3.8) is 0 Å².